The molecule has 17 heavy (non-hydrogen) atoms. The third kappa shape index (κ3) is 4.73. The molecule has 0 radical (unpaired) electrons. The largest absolute Gasteiger partial charge is 0.354 e. The van der Waals surface area contributed by atoms with E-state index in [1.54, 1.807) is 0 Å². The summed E-state index contributed by atoms with van der Waals surface area (Å²) in [6.07, 6.45) is 0. The summed E-state index contributed by atoms with van der Waals surface area (Å²) in [4.78, 5) is 23.1. The Morgan fingerprint density at radius 1 is 1.24 bits per heavy atom. The van der Waals surface area contributed by atoms with E-state index in [4.69, 9.17) is 0 Å². The van der Waals surface area contributed by atoms with Crippen molar-refractivity contribution < 1.29 is 9.59 Å². The molecule has 0 aromatic heterocycles. The van der Waals surface area contributed by atoms with E-state index in [0.29, 0.717) is 18.4 Å². The van der Waals surface area contributed by atoms with Crippen molar-refractivity contribution in [3.05, 3.63) is 0 Å². The number of nitrogens with one attached hydrogen (secondary N) is 3. The summed E-state index contributed by atoms with van der Waals surface area (Å²) in [6.45, 7) is 8.50. The fourth-order valence-electron chi connectivity index (χ4n) is 1.59. The van der Waals surface area contributed by atoms with E-state index in [1.165, 1.54) is 0 Å². The van der Waals surface area contributed by atoms with Crippen LogP contribution in [0.5, 0.6) is 0 Å². The first-order chi connectivity index (χ1) is 8.00. The van der Waals surface area contributed by atoms with Crippen LogP contribution in [0.4, 0.5) is 0 Å². The number of amides is 2. The first kappa shape index (κ1) is 14.0. The lowest BCUT2D eigenvalue weighted by molar-refractivity contribution is -0.129. The Labute approximate surface area is 103 Å². The van der Waals surface area contributed by atoms with Crippen LogP contribution in [0.25, 0.3) is 0 Å². The molecule has 0 spiro atoms. The highest BCUT2D eigenvalue weighted by Gasteiger charge is 2.28. The molecular formula is C12H23N3O2. The minimum absolute atomic E-state index is 0.0193. The quantitative estimate of drug-likeness (QED) is 0.599. The number of rotatable bonds is 6. The van der Waals surface area contributed by atoms with E-state index < -0.39 is 0 Å². The fourth-order valence-corrected chi connectivity index (χ4v) is 1.59. The normalized spacial score (nSPS) is 17.4. The molecule has 0 aromatic rings. The van der Waals surface area contributed by atoms with Gasteiger partial charge in [0, 0.05) is 12.5 Å². The third-order valence-corrected chi connectivity index (χ3v) is 3.06. The maximum atomic E-state index is 11.7. The minimum Gasteiger partial charge on any atom is -0.354 e. The van der Waals surface area contributed by atoms with Gasteiger partial charge in [-0.25, -0.2) is 0 Å². The van der Waals surface area contributed by atoms with Crippen LogP contribution in [-0.2, 0) is 9.59 Å². The molecule has 0 bridgehead atoms. The Balaban J connectivity index is 2.16. The summed E-state index contributed by atoms with van der Waals surface area (Å²) < 4.78 is 0. The van der Waals surface area contributed by atoms with Crippen molar-refractivity contribution in [2.45, 2.75) is 20.8 Å². The van der Waals surface area contributed by atoms with E-state index in [1.807, 2.05) is 20.8 Å². The van der Waals surface area contributed by atoms with Crippen LogP contribution >= 0.6 is 0 Å². The maximum Gasteiger partial charge on any atom is 0.239 e. The van der Waals surface area contributed by atoms with Gasteiger partial charge in [-0.05, 0) is 24.9 Å². The second kappa shape index (κ2) is 6.59. The lowest BCUT2D eigenvalue weighted by Gasteiger charge is -2.31. The van der Waals surface area contributed by atoms with Crippen LogP contribution in [-0.4, -0.2) is 38.0 Å². The van der Waals surface area contributed by atoms with Crippen molar-refractivity contribution in [3.8, 4) is 0 Å². The van der Waals surface area contributed by atoms with Gasteiger partial charge in [0.1, 0.15) is 0 Å². The van der Waals surface area contributed by atoms with Gasteiger partial charge < -0.3 is 16.0 Å². The van der Waals surface area contributed by atoms with Crippen molar-refractivity contribution in [2.24, 2.45) is 17.8 Å². The highest BCUT2D eigenvalue weighted by Crippen LogP contribution is 2.15. The molecule has 3 N–H and O–H groups in total. The third-order valence-electron chi connectivity index (χ3n) is 3.06. The van der Waals surface area contributed by atoms with Crippen molar-refractivity contribution >= 4 is 11.8 Å². The van der Waals surface area contributed by atoms with Crippen LogP contribution in [0, 0.1) is 17.8 Å². The predicted octanol–water partition coefficient (Wildman–Crippen LogP) is -0.270. The minimum atomic E-state index is -0.119. The first-order valence-corrected chi connectivity index (χ1v) is 6.25. The Kier molecular flexibility index (Phi) is 5.41. The molecule has 1 saturated heterocycles. The topological polar surface area (TPSA) is 70.2 Å². The number of hydrogen-bond donors (Lipinski definition) is 3. The van der Waals surface area contributed by atoms with Crippen LogP contribution in [0.1, 0.15) is 20.8 Å². The lowest BCUT2D eigenvalue weighted by Crippen LogP contribution is -2.50. The summed E-state index contributed by atoms with van der Waals surface area (Å²) in [6, 6.07) is 0. The van der Waals surface area contributed by atoms with Gasteiger partial charge in [-0.3, -0.25) is 9.59 Å². The molecule has 5 heteroatoms. The average molecular weight is 241 g/mol. The molecule has 0 aliphatic carbocycles. The highest BCUT2D eigenvalue weighted by molar-refractivity contribution is 5.85. The van der Waals surface area contributed by atoms with E-state index in [2.05, 4.69) is 16.0 Å². The summed E-state index contributed by atoms with van der Waals surface area (Å²) in [5.41, 5.74) is 0. The van der Waals surface area contributed by atoms with Gasteiger partial charge in [0.2, 0.25) is 11.8 Å². The molecule has 98 valence electrons. The van der Waals surface area contributed by atoms with E-state index >= 15 is 0 Å². The van der Waals surface area contributed by atoms with Crippen molar-refractivity contribution in [3.63, 3.8) is 0 Å². The number of hydrogen-bond acceptors (Lipinski definition) is 3. The SMILES string of the molecule is CC(C)CNC(=O)CNC(=O)C(C)C1CNC1. The van der Waals surface area contributed by atoms with E-state index in [-0.39, 0.29) is 24.3 Å². The molecule has 2 amide bonds. The molecular weight excluding hydrogens is 218 g/mol. The number of carbonyl (C=O) groups excluding carboxylic acids is 2. The van der Waals surface area contributed by atoms with Crippen LogP contribution in [0.2, 0.25) is 0 Å². The smallest absolute Gasteiger partial charge is 0.239 e. The maximum absolute atomic E-state index is 11.7. The average Bonchev–Trinajstić information content (AvgIpc) is 2.20. The van der Waals surface area contributed by atoms with Crippen molar-refractivity contribution in [1.82, 2.24) is 16.0 Å². The second-order valence-corrected chi connectivity index (χ2v) is 5.12. The zero-order chi connectivity index (χ0) is 12.8. The van der Waals surface area contributed by atoms with Crippen LogP contribution in [0.15, 0.2) is 0 Å². The van der Waals surface area contributed by atoms with E-state index in [9.17, 15) is 9.59 Å². The number of carbonyl (C=O) groups is 2. The standard InChI is InChI=1S/C12H23N3O2/c1-8(2)4-14-11(16)7-15-12(17)9(3)10-5-13-6-10/h8-10,13H,4-7H2,1-3H3,(H,14,16)(H,15,17). The Morgan fingerprint density at radius 3 is 2.35 bits per heavy atom. The zero-order valence-corrected chi connectivity index (χ0v) is 10.9. The first-order valence-electron chi connectivity index (χ1n) is 6.25. The highest BCUT2D eigenvalue weighted by atomic mass is 16.2. The van der Waals surface area contributed by atoms with Gasteiger partial charge in [-0.15, -0.1) is 0 Å². The molecule has 0 saturated carbocycles. The Morgan fingerprint density at radius 2 is 1.88 bits per heavy atom. The van der Waals surface area contributed by atoms with Gasteiger partial charge in [0.25, 0.3) is 0 Å². The summed E-state index contributed by atoms with van der Waals surface area (Å²) in [5, 5.41) is 8.58. The monoisotopic (exact) mass is 241 g/mol. The molecule has 1 unspecified atom stereocenters. The van der Waals surface area contributed by atoms with Gasteiger partial charge in [0.05, 0.1) is 6.54 Å². The molecule has 1 rings (SSSR count). The van der Waals surface area contributed by atoms with Crippen molar-refractivity contribution in [2.75, 3.05) is 26.2 Å². The zero-order valence-electron chi connectivity index (χ0n) is 10.9. The fraction of sp³-hybridized carbons (Fsp3) is 0.833. The molecule has 0 aromatic carbocycles. The molecule has 1 heterocycles. The predicted molar refractivity (Wildman–Crippen MR) is 66.4 cm³/mol. The molecule has 1 atom stereocenters. The second-order valence-electron chi connectivity index (χ2n) is 5.12. The molecule has 5 nitrogen and oxygen atoms in total. The van der Waals surface area contributed by atoms with Gasteiger partial charge >= 0.3 is 0 Å². The van der Waals surface area contributed by atoms with Crippen LogP contribution < -0.4 is 16.0 Å². The lowest BCUT2D eigenvalue weighted by atomic mass is 9.88. The van der Waals surface area contributed by atoms with Crippen LogP contribution in [0.3, 0.4) is 0 Å². The molecule has 1 aliphatic rings. The summed E-state index contributed by atoms with van der Waals surface area (Å²) in [5.74, 6) is 0.666. The van der Waals surface area contributed by atoms with Gasteiger partial charge in [-0.2, -0.15) is 0 Å². The van der Waals surface area contributed by atoms with Crippen molar-refractivity contribution in [1.29, 1.82) is 0 Å². The molecule has 1 fully saturated rings. The van der Waals surface area contributed by atoms with Gasteiger partial charge in [-0.1, -0.05) is 20.8 Å². The summed E-state index contributed by atoms with van der Waals surface area (Å²) in [7, 11) is 0. The Bertz CT molecular complexity index is 275. The van der Waals surface area contributed by atoms with Gasteiger partial charge in [0.15, 0.2) is 0 Å². The Hall–Kier alpha value is -1.10. The summed E-state index contributed by atoms with van der Waals surface area (Å²) >= 11 is 0. The van der Waals surface area contributed by atoms with E-state index in [0.717, 1.165) is 13.1 Å². The molecule has 1 aliphatic heterocycles.